The number of anilines is 2. The molecule has 0 radical (unpaired) electrons. The van der Waals surface area contributed by atoms with Crippen molar-refractivity contribution in [1.82, 2.24) is 45.0 Å². The summed E-state index contributed by atoms with van der Waals surface area (Å²) in [5.41, 5.74) is 4.08. The van der Waals surface area contributed by atoms with Crippen LogP contribution in [0.3, 0.4) is 0 Å². The molecule has 33 heavy (non-hydrogen) atoms. The number of likely N-dealkylation sites (tertiary alicyclic amines) is 1. The normalized spacial score (nSPS) is 14.9. The van der Waals surface area contributed by atoms with Gasteiger partial charge in [0.15, 0.2) is 11.6 Å². The van der Waals surface area contributed by atoms with E-state index in [4.69, 9.17) is 4.98 Å². The van der Waals surface area contributed by atoms with E-state index in [1.807, 2.05) is 34.0 Å². The minimum atomic E-state index is 0.131. The van der Waals surface area contributed by atoms with Crippen LogP contribution in [0.25, 0.3) is 33.3 Å². The van der Waals surface area contributed by atoms with Crippen molar-refractivity contribution in [1.29, 1.82) is 0 Å². The van der Waals surface area contributed by atoms with E-state index >= 15 is 0 Å². The lowest BCUT2D eigenvalue weighted by Crippen LogP contribution is -2.37. The lowest BCUT2D eigenvalue weighted by atomic mass is 10.1. The van der Waals surface area contributed by atoms with Crippen molar-refractivity contribution in [2.45, 2.75) is 25.8 Å². The van der Waals surface area contributed by atoms with Crippen LogP contribution in [0.15, 0.2) is 43.0 Å². The zero-order valence-electron chi connectivity index (χ0n) is 18.0. The molecule has 5 heterocycles. The van der Waals surface area contributed by atoms with Crippen molar-refractivity contribution < 1.29 is 4.79 Å². The summed E-state index contributed by atoms with van der Waals surface area (Å²) in [6.07, 6.45) is 9.02. The monoisotopic (exact) mass is 442 g/mol. The predicted octanol–water partition coefficient (Wildman–Crippen LogP) is 3.02. The highest BCUT2D eigenvalue weighted by atomic mass is 16.2. The average Bonchev–Trinajstić information content (AvgIpc) is 3.59. The summed E-state index contributed by atoms with van der Waals surface area (Å²) in [6.45, 7) is 3.14. The number of piperidine rings is 1. The van der Waals surface area contributed by atoms with Crippen molar-refractivity contribution in [2.24, 2.45) is 0 Å². The van der Waals surface area contributed by atoms with Gasteiger partial charge in [-0.25, -0.2) is 9.97 Å². The quantitative estimate of drug-likeness (QED) is 0.389. The highest BCUT2D eigenvalue weighted by molar-refractivity contribution is 5.89. The maximum absolute atomic E-state index is 11.6. The summed E-state index contributed by atoms with van der Waals surface area (Å²) in [5, 5.41) is 23.1. The van der Waals surface area contributed by atoms with Crippen LogP contribution < -0.4 is 5.32 Å². The van der Waals surface area contributed by atoms with E-state index in [1.54, 1.807) is 25.5 Å². The Hall–Kier alpha value is -4.28. The van der Waals surface area contributed by atoms with Gasteiger partial charge in [0.05, 0.1) is 35.8 Å². The van der Waals surface area contributed by atoms with Gasteiger partial charge in [-0.05, 0) is 18.9 Å². The Morgan fingerprint density at radius 2 is 1.94 bits per heavy atom. The Morgan fingerprint density at radius 1 is 1.09 bits per heavy atom. The molecule has 11 heteroatoms. The van der Waals surface area contributed by atoms with Gasteiger partial charge in [-0.1, -0.05) is 12.1 Å². The van der Waals surface area contributed by atoms with Crippen LogP contribution in [-0.2, 0) is 4.79 Å². The van der Waals surface area contributed by atoms with Gasteiger partial charge < -0.3 is 10.2 Å². The summed E-state index contributed by atoms with van der Waals surface area (Å²) >= 11 is 0. The van der Waals surface area contributed by atoms with Crippen LogP contribution in [0, 0.1) is 0 Å². The molecule has 0 bridgehead atoms. The number of nitrogens with zero attached hydrogens (tertiary/aromatic N) is 7. The Bertz CT molecular complexity index is 1460. The fourth-order valence-electron chi connectivity index (χ4n) is 4.32. The summed E-state index contributed by atoms with van der Waals surface area (Å²) in [4.78, 5) is 22.9. The van der Waals surface area contributed by atoms with Crippen LogP contribution in [-0.4, -0.2) is 64.0 Å². The highest BCUT2D eigenvalue weighted by Crippen LogP contribution is 2.28. The molecule has 166 valence electrons. The minimum Gasteiger partial charge on any atom is -0.343 e. The molecule has 0 unspecified atom stereocenters. The summed E-state index contributed by atoms with van der Waals surface area (Å²) in [7, 11) is 0. The molecule has 1 aromatic carbocycles. The van der Waals surface area contributed by atoms with E-state index in [-0.39, 0.29) is 11.9 Å². The Labute approximate surface area is 188 Å². The van der Waals surface area contributed by atoms with E-state index < -0.39 is 0 Å². The van der Waals surface area contributed by atoms with Gasteiger partial charge in [0.25, 0.3) is 0 Å². The van der Waals surface area contributed by atoms with Crippen LogP contribution in [0.2, 0.25) is 0 Å². The number of H-pyrrole nitrogens is 2. The number of fused-ring (bicyclic) bond motifs is 2. The summed E-state index contributed by atoms with van der Waals surface area (Å²) < 4.78 is 1.97. The van der Waals surface area contributed by atoms with Gasteiger partial charge in [0.1, 0.15) is 11.0 Å². The van der Waals surface area contributed by atoms with E-state index in [2.05, 4.69) is 35.8 Å². The first-order valence-corrected chi connectivity index (χ1v) is 10.9. The highest BCUT2D eigenvalue weighted by Gasteiger charge is 2.22. The number of nitrogens with one attached hydrogen (secondary N) is 3. The lowest BCUT2D eigenvalue weighted by Gasteiger charge is -2.31. The Kier molecular flexibility index (Phi) is 4.52. The molecule has 5 aromatic rings. The van der Waals surface area contributed by atoms with Gasteiger partial charge in [-0.3, -0.25) is 19.7 Å². The zero-order chi connectivity index (χ0) is 22.4. The maximum Gasteiger partial charge on any atom is 0.219 e. The SMILES string of the molecule is CC(=O)N1CCC(n2cc(Nc3nc(-c4ccc5cn[nH]c5c4)nc4cn[nH]c34)cn2)CC1. The number of rotatable bonds is 4. The lowest BCUT2D eigenvalue weighted by molar-refractivity contribution is -0.130. The van der Waals surface area contributed by atoms with Crippen molar-refractivity contribution in [2.75, 3.05) is 18.4 Å². The second-order valence-electron chi connectivity index (χ2n) is 8.27. The van der Waals surface area contributed by atoms with Gasteiger partial charge in [0, 0.05) is 37.2 Å². The smallest absolute Gasteiger partial charge is 0.219 e. The van der Waals surface area contributed by atoms with Crippen molar-refractivity contribution in [3.63, 3.8) is 0 Å². The minimum absolute atomic E-state index is 0.131. The molecule has 1 fully saturated rings. The first-order chi connectivity index (χ1) is 16.1. The van der Waals surface area contributed by atoms with E-state index in [0.717, 1.165) is 59.1 Å². The number of carbonyl (C=O) groups excluding carboxylic acids is 1. The van der Waals surface area contributed by atoms with Crippen molar-refractivity contribution >= 4 is 39.3 Å². The van der Waals surface area contributed by atoms with Crippen LogP contribution in [0.4, 0.5) is 11.5 Å². The molecule has 1 aliphatic heterocycles. The molecule has 6 rings (SSSR count). The molecule has 0 spiro atoms. The molecule has 0 saturated carbocycles. The third kappa shape index (κ3) is 3.56. The Morgan fingerprint density at radius 3 is 2.79 bits per heavy atom. The van der Waals surface area contributed by atoms with Gasteiger partial charge in [-0.2, -0.15) is 15.3 Å². The number of hydrogen-bond donors (Lipinski definition) is 3. The fraction of sp³-hybridized carbons (Fsp3) is 0.273. The molecule has 1 saturated heterocycles. The first kappa shape index (κ1) is 19.4. The topological polar surface area (TPSA) is 133 Å². The van der Waals surface area contributed by atoms with Crippen LogP contribution in [0.1, 0.15) is 25.8 Å². The third-order valence-electron chi connectivity index (χ3n) is 6.15. The van der Waals surface area contributed by atoms with Crippen LogP contribution >= 0.6 is 0 Å². The zero-order valence-corrected chi connectivity index (χ0v) is 18.0. The molecule has 0 aliphatic carbocycles. The number of amides is 1. The number of aromatic nitrogens is 8. The maximum atomic E-state index is 11.6. The molecule has 1 amide bonds. The summed E-state index contributed by atoms with van der Waals surface area (Å²) in [5.74, 6) is 1.35. The standard InChI is InChI=1S/C22H22N10O/c1-13(33)31-6-4-17(5-7-31)32-12-16(10-25-32)26-22-20-19(11-24-30-20)27-21(28-22)14-2-3-15-9-23-29-18(15)8-14/h2-3,8-12,17H,4-7H2,1H3,(H,23,29)(H,24,30)(H,26,27,28). The molecule has 1 aliphatic rings. The molecule has 11 nitrogen and oxygen atoms in total. The predicted molar refractivity (Wildman–Crippen MR) is 123 cm³/mol. The van der Waals surface area contributed by atoms with Crippen molar-refractivity contribution in [3.05, 3.63) is 43.0 Å². The molecule has 4 aromatic heterocycles. The largest absolute Gasteiger partial charge is 0.343 e. The third-order valence-corrected chi connectivity index (χ3v) is 6.15. The second-order valence-corrected chi connectivity index (χ2v) is 8.27. The van der Waals surface area contributed by atoms with Gasteiger partial charge in [0.2, 0.25) is 5.91 Å². The Balaban J connectivity index is 1.28. The number of aromatic amines is 2. The second kappa shape index (κ2) is 7.69. The van der Waals surface area contributed by atoms with Crippen LogP contribution in [0.5, 0.6) is 0 Å². The number of benzene rings is 1. The molecular weight excluding hydrogens is 420 g/mol. The summed E-state index contributed by atoms with van der Waals surface area (Å²) in [6, 6.07) is 6.23. The van der Waals surface area contributed by atoms with Gasteiger partial charge >= 0.3 is 0 Å². The van der Waals surface area contributed by atoms with E-state index in [9.17, 15) is 4.79 Å². The van der Waals surface area contributed by atoms with E-state index in [0.29, 0.717) is 11.6 Å². The molecular formula is C22H22N10O. The van der Waals surface area contributed by atoms with Gasteiger partial charge in [-0.15, -0.1) is 0 Å². The molecule has 3 N–H and O–H groups in total. The average molecular weight is 442 g/mol. The van der Waals surface area contributed by atoms with E-state index in [1.165, 1.54) is 0 Å². The number of hydrogen-bond acceptors (Lipinski definition) is 7. The van der Waals surface area contributed by atoms with Crippen molar-refractivity contribution in [3.8, 4) is 11.4 Å². The molecule has 0 atom stereocenters. The fourth-order valence-corrected chi connectivity index (χ4v) is 4.32. The first-order valence-electron chi connectivity index (χ1n) is 10.9. The number of carbonyl (C=O) groups is 1.